The Hall–Kier alpha value is -0.990. The lowest BCUT2D eigenvalue weighted by molar-refractivity contribution is -0.120. The molecular formula is C16H17ClIN3O2. The van der Waals surface area contributed by atoms with E-state index >= 15 is 0 Å². The van der Waals surface area contributed by atoms with Gasteiger partial charge in [-0.2, -0.15) is 5.10 Å². The molecule has 23 heavy (non-hydrogen) atoms. The molecule has 122 valence electrons. The molecule has 5 nitrogen and oxygen atoms in total. The van der Waals surface area contributed by atoms with Gasteiger partial charge >= 0.3 is 0 Å². The molecule has 0 spiro atoms. The Bertz CT molecular complexity index is 633. The van der Waals surface area contributed by atoms with Gasteiger partial charge in [-0.1, -0.05) is 23.7 Å². The Kier molecular flexibility index (Phi) is 5.66. The summed E-state index contributed by atoms with van der Waals surface area (Å²) in [6, 6.07) is 8.10. The number of halogens is 2. The van der Waals surface area contributed by atoms with Crippen LogP contribution in [0.25, 0.3) is 0 Å². The van der Waals surface area contributed by atoms with Gasteiger partial charge in [-0.05, 0) is 53.1 Å². The number of aliphatic imine (C=N–C) groups is 1. The fraction of sp³-hybridized carbons (Fsp3) is 0.438. The van der Waals surface area contributed by atoms with Gasteiger partial charge in [0.15, 0.2) is 0 Å². The molecule has 1 N–H and O–H groups in total. The quantitative estimate of drug-likeness (QED) is 0.573. The Balaban J connectivity index is 1.94. The van der Waals surface area contributed by atoms with Gasteiger partial charge in [0.1, 0.15) is 5.56 Å². The molecular weight excluding hydrogens is 429 g/mol. The van der Waals surface area contributed by atoms with E-state index in [1.807, 2.05) is 0 Å². The van der Waals surface area contributed by atoms with Crippen LogP contribution >= 0.6 is 34.2 Å². The maximum atomic E-state index is 11.5. The third kappa shape index (κ3) is 4.30. The first kappa shape index (κ1) is 16.9. The number of hydrogen-bond acceptors (Lipinski definition) is 4. The SMILES string of the molecule is O=C1CC(=N[C@H](c2ccc(I)cc2)[C@@H]2CCCO[C@H]2Cl)C=NN1. The second-order valence-electron chi connectivity index (χ2n) is 5.61. The highest BCUT2D eigenvalue weighted by Crippen LogP contribution is 2.37. The Labute approximate surface area is 153 Å². The first-order valence-corrected chi connectivity index (χ1v) is 9.05. The molecule has 1 fully saturated rings. The van der Waals surface area contributed by atoms with Crippen LogP contribution in [0.15, 0.2) is 34.4 Å². The van der Waals surface area contributed by atoms with Gasteiger partial charge < -0.3 is 4.74 Å². The van der Waals surface area contributed by atoms with Crippen LogP contribution in [0.2, 0.25) is 0 Å². The predicted molar refractivity (Wildman–Crippen MR) is 98.9 cm³/mol. The zero-order chi connectivity index (χ0) is 16.2. The Morgan fingerprint density at radius 3 is 2.87 bits per heavy atom. The fourth-order valence-corrected chi connectivity index (χ4v) is 3.55. The van der Waals surface area contributed by atoms with Gasteiger partial charge in [-0.25, -0.2) is 5.43 Å². The number of carbonyl (C=O) groups is 1. The van der Waals surface area contributed by atoms with Crippen molar-refractivity contribution < 1.29 is 9.53 Å². The van der Waals surface area contributed by atoms with E-state index in [0.29, 0.717) is 12.3 Å². The average Bonchev–Trinajstić information content (AvgIpc) is 2.54. The highest BCUT2D eigenvalue weighted by molar-refractivity contribution is 14.1. The first-order chi connectivity index (χ1) is 11.1. The molecule has 1 saturated heterocycles. The number of nitrogens with one attached hydrogen (secondary N) is 1. The lowest BCUT2D eigenvalue weighted by Gasteiger charge is -2.32. The number of alkyl halides is 1. The highest BCUT2D eigenvalue weighted by atomic mass is 127. The summed E-state index contributed by atoms with van der Waals surface area (Å²) in [7, 11) is 0. The van der Waals surface area contributed by atoms with Crippen molar-refractivity contribution in [3.63, 3.8) is 0 Å². The van der Waals surface area contributed by atoms with Crippen molar-refractivity contribution in [2.75, 3.05) is 6.61 Å². The Morgan fingerprint density at radius 1 is 1.39 bits per heavy atom. The van der Waals surface area contributed by atoms with Crippen molar-refractivity contribution in [2.24, 2.45) is 16.0 Å². The standard InChI is InChI=1S/C16H17ClIN3O2/c17-16-13(2-1-7-23-16)15(10-3-5-11(18)6-4-10)20-12-8-14(22)21-19-9-12/h3-6,9,13,15-16H,1-2,7-8H2,(H,21,22)/t13-,15+,16+/m0/s1. The molecule has 0 unspecified atom stereocenters. The van der Waals surface area contributed by atoms with Crippen LogP contribution in [0.4, 0.5) is 0 Å². The van der Waals surface area contributed by atoms with Crippen LogP contribution in [-0.4, -0.2) is 30.0 Å². The van der Waals surface area contributed by atoms with Crippen molar-refractivity contribution in [3.05, 3.63) is 33.4 Å². The van der Waals surface area contributed by atoms with Gasteiger partial charge in [0.2, 0.25) is 5.91 Å². The summed E-state index contributed by atoms with van der Waals surface area (Å²) in [5.74, 6) is -0.0636. The third-order valence-corrected chi connectivity index (χ3v) is 5.13. The maximum absolute atomic E-state index is 11.5. The highest BCUT2D eigenvalue weighted by Gasteiger charge is 2.33. The van der Waals surface area contributed by atoms with Crippen molar-refractivity contribution in [1.82, 2.24) is 5.43 Å². The van der Waals surface area contributed by atoms with E-state index in [9.17, 15) is 4.79 Å². The lowest BCUT2D eigenvalue weighted by Crippen LogP contribution is -2.31. The number of ether oxygens (including phenoxy) is 1. The van der Waals surface area contributed by atoms with Crippen molar-refractivity contribution in [1.29, 1.82) is 0 Å². The average molecular weight is 446 g/mol. The molecule has 1 aromatic rings. The van der Waals surface area contributed by atoms with Crippen LogP contribution in [0.3, 0.4) is 0 Å². The van der Waals surface area contributed by atoms with Crippen molar-refractivity contribution >= 4 is 52.0 Å². The van der Waals surface area contributed by atoms with Crippen LogP contribution in [0.5, 0.6) is 0 Å². The predicted octanol–water partition coefficient (Wildman–Crippen LogP) is 3.27. The number of hydrazone groups is 1. The second kappa shape index (κ2) is 7.72. The minimum Gasteiger partial charge on any atom is -0.362 e. The summed E-state index contributed by atoms with van der Waals surface area (Å²) in [5, 5.41) is 3.84. The van der Waals surface area contributed by atoms with Crippen LogP contribution in [0.1, 0.15) is 30.9 Å². The zero-order valence-corrected chi connectivity index (χ0v) is 15.3. The molecule has 0 bridgehead atoms. The molecule has 0 saturated carbocycles. The molecule has 0 aliphatic carbocycles. The summed E-state index contributed by atoms with van der Waals surface area (Å²) in [6.45, 7) is 0.685. The molecule has 0 aromatic heterocycles. The number of rotatable bonds is 3. The zero-order valence-electron chi connectivity index (χ0n) is 12.4. The molecule has 2 aliphatic heterocycles. The normalized spacial score (nSPS) is 27.7. The van der Waals surface area contributed by atoms with Gasteiger partial charge in [0.25, 0.3) is 0 Å². The number of carbonyl (C=O) groups excluding carboxylic acids is 1. The van der Waals surface area contributed by atoms with E-state index in [1.54, 1.807) is 6.21 Å². The molecule has 3 rings (SSSR count). The topological polar surface area (TPSA) is 63.0 Å². The number of nitrogens with zero attached hydrogens (tertiary/aromatic N) is 2. The molecule has 0 radical (unpaired) electrons. The fourth-order valence-electron chi connectivity index (χ4n) is 2.83. The third-order valence-electron chi connectivity index (χ3n) is 3.96. The molecule has 1 aromatic carbocycles. The van der Waals surface area contributed by atoms with Gasteiger partial charge in [0, 0.05) is 16.1 Å². The van der Waals surface area contributed by atoms with Gasteiger partial charge in [-0.15, -0.1) is 0 Å². The summed E-state index contributed by atoms with van der Waals surface area (Å²) < 4.78 is 6.77. The Morgan fingerprint density at radius 2 is 2.17 bits per heavy atom. The summed E-state index contributed by atoms with van der Waals surface area (Å²) >= 11 is 8.67. The minimum absolute atomic E-state index is 0.0800. The monoisotopic (exact) mass is 445 g/mol. The maximum Gasteiger partial charge on any atom is 0.246 e. The van der Waals surface area contributed by atoms with E-state index < -0.39 is 0 Å². The molecule has 2 heterocycles. The molecule has 3 atom stereocenters. The van der Waals surface area contributed by atoms with Crippen molar-refractivity contribution in [2.45, 2.75) is 30.9 Å². The van der Waals surface area contributed by atoms with Gasteiger partial charge in [-0.3, -0.25) is 9.79 Å². The molecule has 1 amide bonds. The molecule has 7 heteroatoms. The lowest BCUT2D eigenvalue weighted by atomic mass is 9.88. The van der Waals surface area contributed by atoms with E-state index in [-0.39, 0.29) is 29.9 Å². The number of amides is 1. The largest absolute Gasteiger partial charge is 0.362 e. The first-order valence-electron chi connectivity index (χ1n) is 7.53. The van der Waals surface area contributed by atoms with E-state index in [4.69, 9.17) is 21.3 Å². The smallest absolute Gasteiger partial charge is 0.246 e. The minimum atomic E-state index is -0.369. The summed E-state index contributed by atoms with van der Waals surface area (Å²) in [4.78, 5) is 16.3. The van der Waals surface area contributed by atoms with Crippen LogP contribution in [0, 0.1) is 9.49 Å². The summed E-state index contributed by atoms with van der Waals surface area (Å²) in [6.07, 6.45) is 3.76. The van der Waals surface area contributed by atoms with Crippen LogP contribution < -0.4 is 5.43 Å². The summed E-state index contributed by atoms with van der Waals surface area (Å²) in [5.41, 5.74) is 3.80. The van der Waals surface area contributed by atoms with Gasteiger partial charge in [0.05, 0.1) is 24.4 Å². The van der Waals surface area contributed by atoms with E-state index in [0.717, 1.165) is 18.4 Å². The number of benzene rings is 1. The van der Waals surface area contributed by atoms with Crippen LogP contribution in [-0.2, 0) is 9.53 Å². The molecule has 2 aliphatic rings. The number of hydrogen-bond donors (Lipinski definition) is 1. The van der Waals surface area contributed by atoms with Crippen molar-refractivity contribution in [3.8, 4) is 0 Å². The second-order valence-corrected chi connectivity index (χ2v) is 7.29. The van der Waals surface area contributed by atoms with E-state index in [2.05, 4.69) is 57.4 Å². The van der Waals surface area contributed by atoms with E-state index in [1.165, 1.54) is 3.57 Å².